The molecule has 0 radical (unpaired) electrons. The molecule has 1 aromatic carbocycles. The van der Waals surface area contributed by atoms with Crippen LogP contribution in [0.15, 0.2) is 24.3 Å². The Morgan fingerprint density at radius 2 is 1.57 bits per heavy atom. The molecule has 0 saturated heterocycles. The third kappa shape index (κ3) is 3.32. The molecule has 4 heteroatoms. The molecule has 2 unspecified atom stereocenters. The van der Waals surface area contributed by atoms with Crippen LogP contribution >= 0.6 is 0 Å². The van der Waals surface area contributed by atoms with Gasteiger partial charge in [-0.15, -0.1) is 0 Å². The summed E-state index contributed by atoms with van der Waals surface area (Å²) in [5.41, 5.74) is 3.94. The summed E-state index contributed by atoms with van der Waals surface area (Å²) in [4.78, 5) is 23.7. The number of hydrogen-bond acceptors (Lipinski definition) is 2. The standard InChI is InChI=1S/C17H21NO3/c1-10-8-11(2)15(12(3)9-10)18-16(19)13-6-4-5-7-14(13)17(20)21/h4-5,8-9,13-14H,6-7H2,1-3H3,(H,18,19)(H,20,21). The Morgan fingerprint density at radius 3 is 2.10 bits per heavy atom. The van der Waals surface area contributed by atoms with Gasteiger partial charge in [0.1, 0.15) is 0 Å². The van der Waals surface area contributed by atoms with Crippen LogP contribution in [0.1, 0.15) is 29.5 Å². The van der Waals surface area contributed by atoms with Crippen LogP contribution in [0.3, 0.4) is 0 Å². The lowest BCUT2D eigenvalue weighted by Crippen LogP contribution is -2.35. The predicted octanol–water partition coefficient (Wildman–Crippen LogP) is 3.22. The van der Waals surface area contributed by atoms with Crippen molar-refractivity contribution >= 4 is 17.6 Å². The minimum atomic E-state index is -0.906. The highest BCUT2D eigenvalue weighted by Gasteiger charge is 2.34. The Morgan fingerprint density at radius 1 is 1.05 bits per heavy atom. The summed E-state index contributed by atoms with van der Waals surface area (Å²) in [6.07, 6.45) is 4.62. The van der Waals surface area contributed by atoms with Crippen molar-refractivity contribution < 1.29 is 14.7 Å². The number of aryl methyl sites for hydroxylation is 3. The fourth-order valence-corrected chi connectivity index (χ4v) is 2.97. The summed E-state index contributed by atoms with van der Waals surface area (Å²) in [5.74, 6) is -2.26. The first-order valence-corrected chi connectivity index (χ1v) is 7.16. The number of carbonyl (C=O) groups is 2. The molecule has 2 atom stereocenters. The molecule has 4 nitrogen and oxygen atoms in total. The third-order valence-corrected chi connectivity index (χ3v) is 4.01. The van der Waals surface area contributed by atoms with Crippen molar-refractivity contribution in [1.29, 1.82) is 0 Å². The van der Waals surface area contributed by atoms with Crippen molar-refractivity contribution in [3.05, 3.63) is 41.0 Å². The highest BCUT2D eigenvalue weighted by Crippen LogP contribution is 2.29. The molecule has 0 heterocycles. The molecule has 0 aromatic heterocycles. The van der Waals surface area contributed by atoms with E-state index >= 15 is 0 Å². The number of nitrogens with one attached hydrogen (secondary N) is 1. The smallest absolute Gasteiger partial charge is 0.307 e. The zero-order valence-electron chi connectivity index (χ0n) is 12.6. The lowest BCUT2D eigenvalue weighted by atomic mass is 9.82. The third-order valence-electron chi connectivity index (χ3n) is 4.01. The molecule has 21 heavy (non-hydrogen) atoms. The minimum absolute atomic E-state index is 0.207. The van der Waals surface area contributed by atoms with Gasteiger partial charge in [-0.1, -0.05) is 29.8 Å². The van der Waals surface area contributed by atoms with Gasteiger partial charge in [-0.2, -0.15) is 0 Å². The number of rotatable bonds is 3. The molecule has 0 fully saturated rings. The van der Waals surface area contributed by atoms with Crippen LogP contribution in [0.4, 0.5) is 5.69 Å². The average molecular weight is 287 g/mol. The molecule has 1 aliphatic carbocycles. The van der Waals surface area contributed by atoms with E-state index in [-0.39, 0.29) is 5.91 Å². The van der Waals surface area contributed by atoms with Gasteiger partial charge in [0, 0.05) is 5.69 Å². The van der Waals surface area contributed by atoms with Crippen LogP contribution in [0.2, 0.25) is 0 Å². The number of carboxylic acid groups (broad SMARTS) is 1. The topological polar surface area (TPSA) is 66.4 Å². The average Bonchev–Trinajstić information content (AvgIpc) is 2.42. The number of allylic oxidation sites excluding steroid dienone is 2. The van der Waals surface area contributed by atoms with Crippen LogP contribution in [0, 0.1) is 32.6 Å². The van der Waals surface area contributed by atoms with Gasteiger partial charge in [-0.25, -0.2) is 0 Å². The Balaban J connectivity index is 2.21. The van der Waals surface area contributed by atoms with Gasteiger partial charge in [0.05, 0.1) is 11.8 Å². The second-order valence-corrected chi connectivity index (χ2v) is 5.76. The zero-order valence-corrected chi connectivity index (χ0v) is 12.6. The molecule has 0 bridgehead atoms. The van der Waals surface area contributed by atoms with E-state index in [0.717, 1.165) is 22.4 Å². The molecular formula is C17H21NO3. The summed E-state index contributed by atoms with van der Waals surface area (Å²) in [6.45, 7) is 5.91. The molecule has 0 saturated carbocycles. The van der Waals surface area contributed by atoms with E-state index in [9.17, 15) is 14.7 Å². The van der Waals surface area contributed by atoms with E-state index in [1.54, 1.807) is 0 Å². The molecule has 0 aliphatic heterocycles. The monoisotopic (exact) mass is 287 g/mol. The SMILES string of the molecule is Cc1cc(C)c(NC(=O)C2CC=CCC2C(=O)O)c(C)c1. The molecule has 1 amide bonds. The van der Waals surface area contributed by atoms with Crippen LogP contribution in [0.25, 0.3) is 0 Å². The molecule has 1 aromatic rings. The van der Waals surface area contributed by atoms with Crippen molar-refractivity contribution in [2.24, 2.45) is 11.8 Å². The van der Waals surface area contributed by atoms with Crippen LogP contribution in [-0.4, -0.2) is 17.0 Å². The first-order valence-electron chi connectivity index (χ1n) is 7.16. The van der Waals surface area contributed by atoms with Gasteiger partial charge in [0.15, 0.2) is 0 Å². The van der Waals surface area contributed by atoms with Crippen molar-refractivity contribution in [3.8, 4) is 0 Å². The van der Waals surface area contributed by atoms with E-state index in [2.05, 4.69) is 5.32 Å². The number of aliphatic carboxylic acids is 1. The fraction of sp³-hybridized carbons (Fsp3) is 0.412. The first-order chi connectivity index (χ1) is 9.90. The largest absolute Gasteiger partial charge is 0.481 e. The van der Waals surface area contributed by atoms with Gasteiger partial charge in [-0.3, -0.25) is 9.59 Å². The Labute approximate surface area is 124 Å². The number of anilines is 1. The van der Waals surface area contributed by atoms with E-state index in [1.165, 1.54) is 0 Å². The highest BCUT2D eigenvalue weighted by molar-refractivity contribution is 5.96. The quantitative estimate of drug-likeness (QED) is 0.839. The van der Waals surface area contributed by atoms with Crippen molar-refractivity contribution in [3.63, 3.8) is 0 Å². The zero-order chi connectivity index (χ0) is 15.6. The number of hydrogen-bond donors (Lipinski definition) is 2. The minimum Gasteiger partial charge on any atom is -0.481 e. The molecular weight excluding hydrogens is 266 g/mol. The maximum atomic E-state index is 12.5. The van der Waals surface area contributed by atoms with Crippen molar-refractivity contribution in [2.45, 2.75) is 33.6 Å². The lowest BCUT2D eigenvalue weighted by molar-refractivity contribution is -0.146. The van der Waals surface area contributed by atoms with Crippen LogP contribution < -0.4 is 5.32 Å². The summed E-state index contributed by atoms with van der Waals surface area (Å²) in [5, 5.41) is 12.2. The Hall–Kier alpha value is -2.10. The van der Waals surface area contributed by atoms with E-state index in [4.69, 9.17) is 0 Å². The van der Waals surface area contributed by atoms with E-state index in [1.807, 2.05) is 45.1 Å². The van der Waals surface area contributed by atoms with E-state index in [0.29, 0.717) is 12.8 Å². The molecule has 2 rings (SSSR count). The molecule has 0 spiro atoms. The maximum absolute atomic E-state index is 12.5. The summed E-state index contributed by atoms with van der Waals surface area (Å²) in [7, 11) is 0. The van der Waals surface area contributed by atoms with Gasteiger partial charge >= 0.3 is 5.97 Å². The van der Waals surface area contributed by atoms with Gasteiger partial charge < -0.3 is 10.4 Å². The van der Waals surface area contributed by atoms with Gasteiger partial charge in [0.25, 0.3) is 0 Å². The fourth-order valence-electron chi connectivity index (χ4n) is 2.97. The second kappa shape index (κ2) is 6.12. The Bertz CT molecular complexity index is 581. The summed E-state index contributed by atoms with van der Waals surface area (Å²) < 4.78 is 0. The van der Waals surface area contributed by atoms with Crippen molar-refractivity contribution in [1.82, 2.24) is 0 Å². The summed E-state index contributed by atoms with van der Waals surface area (Å²) >= 11 is 0. The Kier molecular flexibility index (Phi) is 4.46. The number of carbonyl (C=O) groups excluding carboxylic acids is 1. The number of amides is 1. The van der Waals surface area contributed by atoms with Crippen LogP contribution in [-0.2, 0) is 9.59 Å². The predicted molar refractivity (Wildman–Crippen MR) is 82.3 cm³/mol. The highest BCUT2D eigenvalue weighted by atomic mass is 16.4. The first kappa shape index (κ1) is 15.3. The normalized spacial score (nSPS) is 21.1. The molecule has 112 valence electrons. The molecule has 1 aliphatic rings. The van der Waals surface area contributed by atoms with Gasteiger partial charge in [-0.05, 0) is 44.7 Å². The molecule has 2 N–H and O–H groups in total. The van der Waals surface area contributed by atoms with Crippen LogP contribution in [0.5, 0.6) is 0 Å². The lowest BCUT2D eigenvalue weighted by Gasteiger charge is -2.25. The number of carboxylic acids is 1. The van der Waals surface area contributed by atoms with Gasteiger partial charge in [0.2, 0.25) is 5.91 Å². The maximum Gasteiger partial charge on any atom is 0.307 e. The number of benzene rings is 1. The second-order valence-electron chi connectivity index (χ2n) is 5.76. The van der Waals surface area contributed by atoms with E-state index < -0.39 is 17.8 Å². The van der Waals surface area contributed by atoms with Crippen molar-refractivity contribution in [2.75, 3.05) is 5.32 Å². The summed E-state index contributed by atoms with van der Waals surface area (Å²) in [6, 6.07) is 4.02.